The second-order valence-electron chi connectivity index (χ2n) is 6.52. The molecule has 2 saturated heterocycles. The maximum atomic E-state index is 13.8. The van der Waals surface area contributed by atoms with Crippen molar-refractivity contribution in [1.29, 1.82) is 0 Å². The fourth-order valence-electron chi connectivity index (χ4n) is 3.13. The van der Waals surface area contributed by atoms with E-state index in [-0.39, 0.29) is 12.2 Å². The van der Waals surface area contributed by atoms with Crippen molar-refractivity contribution in [3.8, 4) is 5.75 Å². The molecule has 0 amide bonds. The van der Waals surface area contributed by atoms with E-state index in [9.17, 15) is 13.2 Å². The zero-order valence-electron chi connectivity index (χ0n) is 14.5. The van der Waals surface area contributed by atoms with Crippen LogP contribution in [-0.2, 0) is 18.9 Å². The minimum atomic E-state index is -3.08. The number of rotatable bonds is 6. The van der Waals surface area contributed by atoms with E-state index < -0.39 is 24.5 Å². The van der Waals surface area contributed by atoms with Crippen LogP contribution in [-0.4, -0.2) is 39.3 Å². The van der Waals surface area contributed by atoms with E-state index in [1.54, 1.807) is 0 Å². The maximum absolute atomic E-state index is 13.8. The van der Waals surface area contributed by atoms with Gasteiger partial charge in [-0.1, -0.05) is 19.4 Å². The predicted octanol–water partition coefficient (Wildman–Crippen LogP) is 3.88. The van der Waals surface area contributed by atoms with Crippen LogP contribution >= 0.6 is 0 Å². The Balaban J connectivity index is 1.50. The summed E-state index contributed by atoms with van der Waals surface area (Å²) in [6.07, 6.45) is 1.03. The Kier molecular flexibility index (Phi) is 6.74. The highest BCUT2D eigenvalue weighted by molar-refractivity contribution is 5.30. The van der Waals surface area contributed by atoms with Crippen LogP contribution < -0.4 is 4.74 Å². The third-order valence-corrected chi connectivity index (χ3v) is 4.44. The summed E-state index contributed by atoms with van der Waals surface area (Å²) >= 11 is 0. The highest BCUT2D eigenvalue weighted by Crippen LogP contribution is 2.31. The molecular weight excluding hydrogens is 353 g/mol. The van der Waals surface area contributed by atoms with Crippen molar-refractivity contribution in [3.05, 3.63) is 29.6 Å². The van der Waals surface area contributed by atoms with E-state index in [1.165, 1.54) is 6.07 Å². The van der Waals surface area contributed by atoms with Crippen molar-refractivity contribution >= 4 is 0 Å². The fourth-order valence-corrected chi connectivity index (χ4v) is 3.13. The Morgan fingerprint density at radius 2 is 1.77 bits per heavy atom. The van der Waals surface area contributed by atoms with Gasteiger partial charge in [0.2, 0.25) is 0 Å². The molecule has 2 aliphatic rings. The Morgan fingerprint density at radius 3 is 2.35 bits per heavy atom. The lowest BCUT2D eigenvalue weighted by Crippen LogP contribution is -2.43. The van der Waals surface area contributed by atoms with E-state index in [0.717, 1.165) is 25.0 Å². The van der Waals surface area contributed by atoms with Gasteiger partial charge in [0.25, 0.3) is 0 Å². The first-order valence-electron chi connectivity index (χ1n) is 8.77. The van der Waals surface area contributed by atoms with Crippen LogP contribution in [0.5, 0.6) is 5.75 Å². The molecule has 0 aromatic heterocycles. The fraction of sp³-hybridized carbons (Fsp3) is 0.667. The number of ether oxygens (including phenoxy) is 5. The highest BCUT2D eigenvalue weighted by Gasteiger charge is 2.34. The standard InChI is InChI=1S/C18H23F3O5/c1-2-3-11-7-22-17(23-8-11)13-9-24-16(25-10-13)12-4-5-15(14(19)6-12)26-18(20)21/h4-6,11,13,16-18H,2-3,7-10H2,1H3/t11-,13-,16-,17-. The lowest BCUT2D eigenvalue weighted by molar-refractivity contribution is -0.283. The van der Waals surface area contributed by atoms with Gasteiger partial charge in [-0.2, -0.15) is 8.78 Å². The minimum Gasteiger partial charge on any atom is -0.432 e. The normalized spacial score (nSPS) is 29.7. The Labute approximate surface area is 150 Å². The third-order valence-electron chi connectivity index (χ3n) is 4.44. The number of halogens is 3. The number of alkyl halides is 2. The molecular formula is C18H23F3O5. The predicted molar refractivity (Wildman–Crippen MR) is 85.3 cm³/mol. The van der Waals surface area contributed by atoms with E-state index >= 15 is 0 Å². The topological polar surface area (TPSA) is 46.2 Å². The van der Waals surface area contributed by atoms with Gasteiger partial charge in [0.05, 0.1) is 32.3 Å². The molecule has 0 aliphatic carbocycles. The van der Waals surface area contributed by atoms with E-state index in [1.807, 2.05) is 0 Å². The maximum Gasteiger partial charge on any atom is 0.387 e. The van der Waals surface area contributed by atoms with Crippen LogP contribution in [0.25, 0.3) is 0 Å². The van der Waals surface area contributed by atoms with Crippen molar-refractivity contribution in [3.63, 3.8) is 0 Å². The molecule has 26 heavy (non-hydrogen) atoms. The largest absolute Gasteiger partial charge is 0.432 e. The molecule has 0 atom stereocenters. The van der Waals surface area contributed by atoms with Gasteiger partial charge in [0.15, 0.2) is 24.1 Å². The molecule has 2 aliphatic heterocycles. The molecule has 5 nitrogen and oxygen atoms in total. The first kappa shape index (κ1) is 19.4. The molecule has 0 saturated carbocycles. The zero-order chi connectivity index (χ0) is 18.5. The molecule has 1 aromatic rings. The Bertz CT molecular complexity index is 570. The van der Waals surface area contributed by atoms with E-state index in [2.05, 4.69) is 11.7 Å². The van der Waals surface area contributed by atoms with Crippen molar-refractivity contribution in [2.24, 2.45) is 11.8 Å². The monoisotopic (exact) mass is 376 g/mol. The molecule has 0 spiro atoms. The number of benzene rings is 1. The summed E-state index contributed by atoms with van der Waals surface area (Å²) in [5.41, 5.74) is 0.399. The van der Waals surface area contributed by atoms with Gasteiger partial charge >= 0.3 is 6.61 Å². The first-order valence-corrected chi connectivity index (χ1v) is 8.77. The Morgan fingerprint density at radius 1 is 1.08 bits per heavy atom. The van der Waals surface area contributed by atoms with Gasteiger partial charge in [0, 0.05) is 11.5 Å². The summed E-state index contributed by atoms with van der Waals surface area (Å²) in [7, 11) is 0. The molecule has 3 rings (SSSR count). The lowest BCUT2D eigenvalue weighted by atomic mass is 10.0. The van der Waals surface area contributed by atoms with Crippen LogP contribution in [0.1, 0.15) is 31.6 Å². The molecule has 2 fully saturated rings. The van der Waals surface area contributed by atoms with Crippen molar-refractivity contribution in [1.82, 2.24) is 0 Å². The van der Waals surface area contributed by atoms with Crippen LogP contribution in [0.3, 0.4) is 0 Å². The smallest absolute Gasteiger partial charge is 0.387 e. The average molecular weight is 376 g/mol. The van der Waals surface area contributed by atoms with Gasteiger partial charge < -0.3 is 23.7 Å². The van der Waals surface area contributed by atoms with Crippen molar-refractivity contribution in [2.45, 2.75) is 39.0 Å². The molecule has 2 heterocycles. The summed E-state index contributed by atoms with van der Waals surface area (Å²) < 4.78 is 65.1. The molecule has 0 N–H and O–H groups in total. The van der Waals surface area contributed by atoms with Crippen LogP contribution in [0.15, 0.2) is 18.2 Å². The number of hydrogen-bond acceptors (Lipinski definition) is 5. The Hall–Kier alpha value is -1.35. The van der Waals surface area contributed by atoms with Gasteiger partial charge in [0.1, 0.15) is 0 Å². The van der Waals surface area contributed by atoms with E-state index in [4.69, 9.17) is 18.9 Å². The average Bonchev–Trinajstić information content (AvgIpc) is 2.64. The summed E-state index contributed by atoms with van der Waals surface area (Å²) in [5.74, 6) is -1.05. The first-order chi connectivity index (χ1) is 12.6. The third kappa shape index (κ3) is 4.88. The zero-order valence-corrected chi connectivity index (χ0v) is 14.5. The summed E-state index contributed by atoms with van der Waals surface area (Å²) in [5, 5.41) is 0. The molecule has 0 radical (unpaired) electrons. The summed E-state index contributed by atoms with van der Waals surface area (Å²) in [6, 6.07) is 3.65. The summed E-state index contributed by atoms with van der Waals surface area (Å²) in [6.45, 7) is 1.05. The second kappa shape index (κ2) is 9.03. The second-order valence-corrected chi connectivity index (χ2v) is 6.52. The highest BCUT2D eigenvalue weighted by atomic mass is 19.3. The van der Waals surface area contributed by atoms with Crippen molar-refractivity contribution < 1.29 is 36.9 Å². The van der Waals surface area contributed by atoms with Crippen LogP contribution in [0.2, 0.25) is 0 Å². The quantitative estimate of drug-likeness (QED) is 0.754. The molecule has 1 aromatic carbocycles. The number of hydrogen-bond donors (Lipinski definition) is 0. The van der Waals surface area contributed by atoms with Gasteiger partial charge in [-0.15, -0.1) is 0 Å². The van der Waals surface area contributed by atoms with Crippen LogP contribution in [0.4, 0.5) is 13.2 Å². The van der Waals surface area contributed by atoms with Gasteiger partial charge in [-0.3, -0.25) is 0 Å². The van der Waals surface area contributed by atoms with Gasteiger partial charge in [-0.05, 0) is 18.6 Å². The lowest BCUT2D eigenvalue weighted by Gasteiger charge is -2.37. The SMILES string of the molecule is CCC[C@H]1CO[C@H]([C@H]2CO[C@H](c3ccc(OC(F)F)c(F)c3)OC2)OC1. The molecule has 0 bridgehead atoms. The molecule has 146 valence electrons. The van der Waals surface area contributed by atoms with Gasteiger partial charge in [-0.25, -0.2) is 4.39 Å². The molecule has 8 heteroatoms. The van der Waals surface area contributed by atoms with E-state index in [0.29, 0.717) is 37.9 Å². The minimum absolute atomic E-state index is 0.0693. The molecule has 0 unspecified atom stereocenters. The summed E-state index contributed by atoms with van der Waals surface area (Å²) in [4.78, 5) is 0. The van der Waals surface area contributed by atoms with Crippen LogP contribution in [0, 0.1) is 17.7 Å². The van der Waals surface area contributed by atoms with Crippen molar-refractivity contribution in [2.75, 3.05) is 26.4 Å².